The maximum atomic E-state index is 13.4. The van der Waals surface area contributed by atoms with Crippen molar-refractivity contribution in [1.29, 1.82) is 0 Å². The molecule has 1 atom stereocenters. The molecule has 1 aromatic rings. The van der Waals surface area contributed by atoms with Crippen molar-refractivity contribution >= 4 is 24.2 Å². The lowest BCUT2D eigenvalue weighted by Gasteiger charge is -2.24. The Morgan fingerprint density at radius 3 is 1.41 bits per heavy atom. The topological polar surface area (TPSA) is 170 Å². The number of unbranched alkanes of at least 4 members (excludes halogenated alkanes) is 24. The molecule has 1 aromatic carbocycles. The van der Waals surface area contributed by atoms with E-state index in [2.05, 4.69) is 59.0 Å². The molecule has 0 aliphatic carbocycles. The quantitative estimate of drug-likeness (QED) is 0.0275. The van der Waals surface area contributed by atoms with Gasteiger partial charge >= 0.3 is 0 Å². The number of halogens is 1. The predicted molar refractivity (Wildman–Crippen MR) is 307 cm³/mol. The van der Waals surface area contributed by atoms with Gasteiger partial charge in [-0.15, -0.1) is 12.4 Å². The van der Waals surface area contributed by atoms with Crippen LogP contribution in [0.1, 0.15) is 236 Å². The fourth-order valence-electron chi connectivity index (χ4n) is 8.72. The molecule has 0 saturated carbocycles. The zero-order valence-corrected chi connectivity index (χ0v) is 46.8. The Bertz CT molecular complexity index is 1380. The van der Waals surface area contributed by atoms with Gasteiger partial charge in [0.25, 0.3) is 5.91 Å². The molecule has 2 amide bonds. The minimum Gasteiger partial charge on any atom is -0.490 e. The molecule has 9 N–H and O–H groups in total. The first kappa shape index (κ1) is 68.3. The molecule has 12 heteroatoms. The Hall–Kier alpha value is -2.67. The van der Waals surface area contributed by atoms with Crippen LogP contribution in [-0.2, 0) is 4.79 Å². The number of nitrogens with one attached hydrogen (secondary N) is 3. The van der Waals surface area contributed by atoms with E-state index in [1.54, 1.807) is 0 Å². The second kappa shape index (κ2) is 53.6. The van der Waals surface area contributed by atoms with Crippen molar-refractivity contribution < 1.29 is 19.1 Å². The normalized spacial score (nSPS) is 12.0. The molecule has 414 valence electrons. The van der Waals surface area contributed by atoms with Gasteiger partial charge < -0.3 is 47.5 Å². The number of nitrogens with zero attached hydrogens (tertiary/aromatic N) is 1. The zero-order chi connectivity index (χ0) is 50.6. The van der Waals surface area contributed by atoms with Crippen LogP contribution in [-0.4, -0.2) is 94.9 Å². The lowest BCUT2D eigenvalue weighted by Crippen LogP contribution is -2.47. The molecular formula is C59H112ClN7O4. The van der Waals surface area contributed by atoms with Crippen molar-refractivity contribution in [2.24, 2.45) is 17.2 Å². The Kier molecular flexibility index (Phi) is 51.6. The van der Waals surface area contributed by atoms with Crippen molar-refractivity contribution in [2.45, 2.75) is 232 Å². The summed E-state index contributed by atoms with van der Waals surface area (Å²) in [4.78, 5) is 29.1. The van der Waals surface area contributed by atoms with E-state index in [1.165, 1.54) is 154 Å². The van der Waals surface area contributed by atoms with Crippen LogP contribution in [0.25, 0.3) is 0 Å². The van der Waals surface area contributed by atoms with Gasteiger partial charge in [0.15, 0.2) is 11.5 Å². The van der Waals surface area contributed by atoms with Crippen LogP contribution in [0.4, 0.5) is 0 Å². The minimum absolute atomic E-state index is 0. The molecule has 0 spiro atoms. The Balaban J connectivity index is 0.0000490. The van der Waals surface area contributed by atoms with Crippen molar-refractivity contribution in [3.63, 3.8) is 0 Å². The van der Waals surface area contributed by atoms with Crippen LogP contribution in [0.2, 0.25) is 0 Å². The molecule has 0 bridgehead atoms. The van der Waals surface area contributed by atoms with Crippen molar-refractivity contribution in [1.82, 2.24) is 20.9 Å². The molecule has 0 radical (unpaired) electrons. The van der Waals surface area contributed by atoms with E-state index in [1.807, 2.05) is 18.2 Å². The molecule has 0 aromatic heterocycles. The van der Waals surface area contributed by atoms with Gasteiger partial charge in [0, 0.05) is 18.7 Å². The number of allylic oxidation sites excluding steroid dienone is 4. The number of carbonyl (C=O) groups is 2. The van der Waals surface area contributed by atoms with E-state index >= 15 is 0 Å². The summed E-state index contributed by atoms with van der Waals surface area (Å²) in [5.41, 5.74) is 17.8. The third kappa shape index (κ3) is 42.4. The van der Waals surface area contributed by atoms with Crippen LogP contribution < -0.4 is 42.6 Å². The van der Waals surface area contributed by atoms with Crippen molar-refractivity contribution in [3.05, 3.63) is 48.1 Å². The van der Waals surface area contributed by atoms with Gasteiger partial charge in [0.05, 0.1) is 19.3 Å². The zero-order valence-electron chi connectivity index (χ0n) is 46.0. The van der Waals surface area contributed by atoms with E-state index in [0.717, 1.165) is 71.0 Å². The van der Waals surface area contributed by atoms with Crippen LogP contribution in [0.5, 0.6) is 11.5 Å². The summed E-state index contributed by atoms with van der Waals surface area (Å²) in [5.74, 6) is 1.04. The van der Waals surface area contributed by atoms with Crippen LogP contribution in [0.3, 0.4) is 0 Å². The molecular weight excluding hydrogens is 906 g/mol. The summed E-state index contributed by atoms with van der Waals surface area (Å²) < 4.78 is 12.6. The van der Waals surface area contributed by atoms with Gasteiger partial charge in [-0.3, -0.25) is 9.59 Å². The average Bonchev–Trinajstić information content (AvgIpc) is 3.37. The highest BCUT2D eigenvalue weighted by molar-refractivity contribution is 5.95. The fraction of sp³-hybridized carbons (Fsp3) is 0.797. The third-order valence-electron chi connectivity index (χ3n) is 13.2. The predicted octanol–water partition coefficient (Wildman–Crippen LogP) is 12.9. The first-order chi connectivity index (χ1) is 34.5. The minimum atomic E-state index is -0.330. The van der Waals surface area contributed by atoms with E-state index in [-0.39, 0.29) is 30.3 Å². The number of hydrogen-bond acceptors (Lipinski definition) is 9. The highest BCUT2D eigenvalue weighted by atomic mass is 35.5. The highest BCUT2D eigenvalue weighted by Crippen LogP contribution is 2.29. The maximum absolute atomic E-state index is 13.4. The van der Waals surface area contributed by atoms with E-state index in [4.69, 9.17) is 26.7 Å². The summed E-state index contributed by atoms with van der Waals surface area (Å²) in [6.45, 7) is 11.7. The molecule has 0 aliphatic heterocycles. The van der Waals surface area contributed by atoms with Gasteiger partial charge in [-0.2, -0.15) is 0 Å². The van der Waals surface area contributed by atoms with E-state index < -0.39 is 0 Å². The molecule has 0 fully saturated rings. The molecule has 11 nitrogen and oxygen atoms in total. The van der Waals surface area contributed by atoms with Gasteiger partial charge in [0.2, 0.25) is 5.91 Å². The SMILES string of the molecule is CCCCCCCC/C=C\CCCCCCCCOc1ccc(C(=O)NCCNC(=O)[C@H](CCCN(CCCN)CCCN)NCCCN)cc1OCCCCCCCC/C=C\CCCCCCCC.Cl. The smallest absolute Gasteiger partial charge is 0.251 e. The number of nitrogens with two attached hydrogens (primary N) is 3. The summed E-state index contributed by atoms with van der Waals surface area (Å²) in [5, 5.41) is 9.43. The first-order valence-electron chi connectivity index (χ1n) is 29.3. The number of benzene rings is 1. The van der Waals surface area contributed by atoms with E-state index in [0.29, 0.717) is 76.0 Å². The highest BCUT2D eigenvalue weighted by Gasteiger charge is 2.18. The summed E-state index contributed by atoms with van der Waals surface area (Å²) in [6, 6.07) is 5.17. The average molecular weight is 1020 g/mol. The Labute approximate surface area is 443 Å². The molecule has 1 rings (SSSR count). The molecule has 71 heavy (non-hydrogen) atoms. The van der Waals surface area contributed by atoms with Crippen molar-refractivity contribution in [3.8, 4) is 11.5 Å². The molecule has 0 heterocycles. The number of carbonyl (C=O) groups excluding carboxylic acids is 2. The van der Waals surface area contributed by atoms with Gasteiger partial charge in [0.1, 0.15) is 0 Å². The van der Waals surface area contributed by atoms with Crippen LogP contribution >= 0.6 is 12.4 Å². The second-order valence-electron chi connectivity index (χ2n) is 19.7. The maximum Gasteiger partial charge on any atom is 0.251 e. The summed E-state index contributed by atoms with van der Waals surface area (Å²) >= 11 is 0. The van der Waals surface area contributed by atoms with Crippen LogP contribution in [0, 0.1) is 0 Å². The molecule has 0 saturated heterocycles. The number of hydrogen-bond donors (Lipinski definition) is 6. The fourth-order valence-corrected chi connectivity index (χ4v) is 8.72. The monoisotopic (exact) mass is 1020 g/mol. The van der Waals surface area contributed by atoms with Gasteiger partial charge in [-0.25, -0.2) is 0 Å². The summed E-state index contributed by atoms with van der Waals surface area (Å²) in [6.07, 6.45) is 49.3. The molecule has 0 aliphatic rings. The standard InChI is InChI=1S/C59H111N7O4.ClH/c1-3-5-7-9-11-13-15-17-19-21-23-25-27-29-31-33-51-69-56-41-40-54(53-57(56)70-52-34-32-30-28-26-24-22-20-18-16-14-12-10-8-6-4-2)58(67)64-46-47-65-59(68)55(63-45-36-42-60)39-35-48-66(49-37-43-61)50-38-44-62;/h17-20,40-41,53,55,63H,3-16,21-39,42-52,60-62H2,1-2H3,(H,64,67)(H,65,68);1H/b19-17-,20-18-;/t55-;/m0./s1. The lowest BCUT2D eigenvalue weighted by atomic mass is 10.1. The second-order valence-corrected chi connectivity index (χ2v) is 19.7. The van der Waals surface area contributed by atoms with E-state index in [9.17, 15) is 9.59 Å². The summed E-state index contributed by atoms with van der Waals surface area (Å²) in [7, 11) is 0. The van der Waals surface area contributed by atoms with Gasteiger partial charge in [-0.1, -0.05) is 154 Å². The third-order valence-corrected chi connectivity index (χ3v) is 13.2. The van der Waals surface area contributed by atoms with Crippen LogP contribution in [0.15, 0.2) is 42.5 Å². The van der Waals surface area contributed by atoms with Crippen molar-refractivity contribution in [2.75, 3.05) is 72.1 Å². The number of ether oxygens (including phenoxy) is 2. The molecule has 0 unspecified atom stereocenters. The number of amides is 2. The Morgan fingerprint density at radius 2 is 0.930 bits per heavy atom. The van der Waals surface area contributed by atoms with Gasteiger partial charge in [-0.05, 0) is 160 Å². The Morgan fingerprint density at radius 1 is 0.507 bits per heavy atom. The largest absolute Gasteiger partial charge is 0.490 e. The lowest BCUT2D eigenvalue weighted by molar-refractivity contribution is -0.123. The first-order valence-corrected chi connectivity index (χ1v) is 29.3. The number of rotatable bonds is 53.